The molecule has 1 unspecified atom stereocenters. The number of hydrogen-bond donors (Lipinski definition) is 0. The van der Waals surface area contributed by atoms with Crippen molar-refractivity contribution in [3.63, 3.8) is 0 Å². The Morgan fingerprint density at radius 3 is 2.18 bits per heavy atom. The molecule has 0 aromatic heterocycles. The lowest BCUT2D eigenvalue weighted by atomic mass is 10.2. The van der Waals surface area contributed by atoms with Crippen LogP contribution in [0.3, 0.4) is 0 Å². The van der Waals surface area contributed by atoms with Crippen LogP contribution < -0.4 is 0 Å². The van der Waals surface area contributed by atoms with Crippen LogP contribution in [0.25, 0.3) is 6.08 Å². The van der Waals surface area contributed by atoms with Gasteiger partial charge in [0.2, 0.25) is 0 Å². The van der Waals surface area contributed by atoms with Crippen molar-refractivity contribution in [1.29, 1.82) is 0 Å². The Kier molecular flexibility index (Phi) is 7.00. The van der Waals surface area contributed by atoms with Crippen molar-refractivity contribution < 1.29 is 13.6 Å². The van der Waals surface area contributed by atoms with Crippen molar-refractivity contribution in [2.75, 3.05) is 6.61 Å². The van der Waals surface area contributed by atoms with E-state index in [-0.39, 0.29) is 17.7 Å². The van der Waals surface area contributed by atoms with Gasteiger partial charge < -0.3 is 8.84 Å². The van der Waals surface area contributed by atoms with Crippen LogP contribution in [0.4, 0.5) is 4.11 Å². The SMILES string of the molecule is CCOC(=O)C(/C=C/c1ccccc1)[Si](F)(C(C)C)C(C)C. The van der Waals surface area contributed by atoms with Gasteiger partial charge in [-0.25, -0.2) is 0 Å². The summed E-state index contributed by atoms with van der Waals surface area (Å²) in [5.74, 6) is -0.439. The Balaban J connectivity index is 3.18. The Labute approximate surface area is 134 Å². The second-order valence-electron chi connectivity index (χ2n) is 6.14. The zero-order valence-electron chi connectivity index (χ0n) is 14.2. The number of benzene rings is 1. The molecular weight excluding hydrogens is 295 g/mol. The van der Waals surface area contributed by atoms with Crippen molar-refractivity contribution >= 4 is 20.5 Å². The second-order valence-corrected chi connectivity index (χ2v) is 10.7. The topological polar surface area (TPSA) is 26.3 Å². The predicted molar refractivity (Wildman–Crippen MR) is 92.9 cm³/mol. The lowest BCUT2D eigenvalue weighted by Gasteiger charge is -2.34. The summed E-state index contributed by atoms with van der Waals surface area (Å²) in [7, 11) is -3.35. The molecule has 0 aliphatic rings. The van der Waals surface area contributed by atoms with E-state index in [0.717, 1.165) is 5.56 Å². The van der Waals surface area contributed by atoms with E-state index in [9.17, 15) is 4.79 Å². The van der Waals surface area contributed by atoms with Crippen molar-refractivity contribution in [3.05, 3.63) is 42.0 Å². The molecule has 122 valence electrons. The zero-order chi connectivity index (χ0) is 16.8. The number of esters is 1. The minimum atomic E-state index is -3.35. The van der Waals surface area contributed by atoms with Gasteiger partial charge in [-0.1, -0.05) is 70.2 Å². The highest BCUT2D eigenvalue weighted by molar-refractivity contribution is 6.80. The zero-order valence-corrected chi connectivity index (χ0v) is 15.2. The Bertz CT molecular complexity index is 489. The molecule has 0 radical (unpaired) electrons. The quantitative estimate of drug-likeness (QED) is 0.383. The van der Waals surface area contributed by atoms with E-state index in [1.807, 2.05) is 64.1 Å². The van der Waals surface area contributed by atoms with E-state index in [2.05, 4.69) is 0 Å². The maximum atomic E-state index is 15.8. The summed E-state index contributed by atoms with van der Waals surface area (Å²) in [6.07, 6.45) is 3.53. The first-order valence-electron chi connectivity index (χ1n) is 7.92. The van der Waals surface area contributed by atoms with Gasteiger partial charge >= 0.3 is 5.97 Å². The normalized spacial score (nSPS) is 13.8. The highest BCUT2D eigenvalue weighted by atomic mass is 28.4. The predicted octanol–water partition coefficient (Wildman–Crippen LogP) is 5.37. The molecule has 0 amide bonds. The van der Waals surface area contributed by atoms with Gasteiger partial charge in [-0.2, -0.15) is 0 Å². The Morgan fingerprint density at radius 1 is 1.18 bits per heavy atom. The van der Waals surface area contributed by atoms with Gasteiger partial charge in [-0.3, -0.25) is 4.79 Å². The molecule has 2 nitrogen and oxygen atoms in total. The lowest BCUT2D eigenvalue weighted by molar-refractivity contribution is -0.142. The van der Waals surface area contributed by atoms with Gasteiger partial charge in [0.15, 0.2) is 0 Å². The van der Waals surface area contributed by atoms with Crippen molar-refractivity contribution in [3.8, 4) is 0 Å². The monoisotopic (exact) mass is 322 g/mol. The van der Waals surface area contributed by atoms with Gasteiger partial charge in [0.05, 0.1) is 12.1 Å². The summed E-state index contributed by atoms with van der Waals surface area (Å²) >= 11 is 0. The minimum Gasteiger partial charge on any atom is -0.466 e. The smallest absolute Gasteiger partial charge is 0.312 e. The van der Waals surface area contributed by atoms with Crippen LogP contribution in [0.1, 0.15) is 40.2 Å². The molecule has 0 heterocycles. The Hall–Kier alpha value is -1.42. The molecule has 0 spiro atoms. The van der Waals surface area contributed by atoms with Gasteiger partial charge in [-0.05, 0) is 23.6 Å². The fraction of sp³-hybridized carbons (Fsp3) is 0.500. The third-order valence-corrected chi connectivity index (χ3v) is 8.99. The molecule has 0 bridgehead atoms. The molecular formula is C18H27FO2Si. The van der Waals surface area contributed by atoms with E-state index in [1.165, 1.54) is 0 Å². The largest absolute Gasteiger partial charge is 0.466 e. The van der Waals surface area contributed by atoms with Crippen LogP contribution >= 0.6 is 0 Å². The van der Waals surface area contributed by atoms with Crippen LogP contribution in [-0.4, -0.2) is 21.0 Å². The summed E-state index contributed by atoms with van der Waals surface area (Å²) in [6.45, 7) is 9.50. The van der Waals surface area contributed by atoms with Crippen LogP contribution in [0, 0.1) is 0 Å². The molecule has 22 heavy (non-hydrogen) atoms. The molecule has 0 aliphatic heterocycles. The van der Waals surface area contributed by atoms with E-state index in [0.29, 0.717) is 0 Å². The lowest BCUT2D eigenvalue weighted by Crippen LogP contribution is -2.44. The van der Waals surface area contributed by atoms with E-state index in [1.54, 1.807) is 13.0 Å². The number of rotatable bonds is 7. The molecule has 0 saturated heterocycles. The Morgan fingerprint density at radius 2 is 1.73 bits per heavy atom. The summed E-state index contributed by atoms with van der Waals surface area (Å²) in [4.78, 5) is 12.3. The van der Waals surface area contributed by atoms with E-state index in [4.69, 9.17) is 4.74 Å². The van der Waals surface area contributed by atoms with Gasteiger partial charge in [0.25, 0.3) is 8.41 Å². The molecule has 1 aromatic carbocycles. The molecule has 1 atom stereocenters. The summed E-state index contributed by atoms with van der Waals surface area (Å²) < 4.78 is 20.9. The van der Waals surface area contributed by atoms with Crippen molar-refractivity contribution in [1.82, 2.24) is 0 Å². The minimum absolute atomic E-state index is 0.151. The third-order valence-electron chi connectivity index (χ3n) is 4.07. The number of ether oxygens (including phenoxy) is 1. The number of carbonyl (C=O) groups is 1. The summed E-state index contributed by atoms with van der Waals surface area (Å²) in [6, 6.07) is 9.64. The maximum Gasteiger partial charge on any atom is 0.312 e. The molecule has 0 saturated carbocycles. The van der Waals surface area contributed by atoms with Crippen LogP contribution in [0.2, 0.25) is 16.6 Å². The molecule has 1 aromatic rings. The average molecular weight is 322 g/mol. The highest BCUT2D eigenvalue weighted by Gasteiger charge is 2.51. The molecule has 0 fully saturated rings. The molecule has 1 rings (SSSR count). The van der Waals surface area contributed by atoms with Gasteiger partial charge in [0, 0.05) is 0 Å². The molecule has 4 heteroatoms. The molecule has 0 N–H and O–H groups in total. The fourth-order valence-electron chi connectivity index (χ4n) is 2.80. The van der Waals surface area contributed by atoms with E-state index < -0.39 is 19.9 Å². The first-order valence-corrected chi connectivity index (χ1v) is 10.0. The third kappa shape index (κ3) is 4.29. The fourth-order valence-corrected chi connectivity index (χ4v) is 6.40. The number of carbonyl (C=O) groups excluding carboxylic acids is 1. The van der Waals surface area contributed by atoms with Gasteiger partial charge in [0.1, 0.15) is 0 Å². The van der Waals surface area contributed by atoms with Crippen LogP contribution in [0.5, 0.6) is 0 Å². The average Bonchev–Trinajstić information content (AvgIpc) is 2.48. The van der Waals surface area contributed by atoms with E-state index >= 15 is 4.11 Å². The number of hydrogen-bond acceptors (Lipinski definition) is 2. The first kappa shape index (κ1) is 18.6. The second kappa shape index (κ2) is 8.27. The highest BCUT2D eigenvalue weighted by Crippen LogP contribution is 2.44. The van der Waals surface area contributed by atoms with Crippen LogP contribution in [-0.2, 0) is 9.53 Å². The number of halogens is 1. The summed E-state index contributed by atoms with van der Waals surface area (Å²) in [5.41, 5.74) is -0.113. The standard InChI is InChI=1S/C18H27FO2Si/c1-6-21-18(20)17(22(19,14(2)3)15(4)5)13-12-16-10-8-7-9-11-16/h7-15,17H,6H2,1-5H3/b13-12+. The van der Waals surface area contributed by atoms with Crippen LogP contribution in [0.15, 0.2) is 36.4 Å². The van der Waals surface area contributed by atoms with Gasteiger partial charge in [-0.15, -0.1) is 0 Å². The van der Waals surface area contributed by atoms with Crippen molar-refractivity contribution in [2.24, 2.45) is 0 Å². The summed E-state index contributed by atoms with van der Waals surface area (Å²) in [5, 5.41) is 0. The first-order chi connectivity index (χ1) is 10.3. The van der Waals surface area contributed by atoms with Crippen molar-refractivity contribution in [2.45, 2.75) is 51.2 Å². The maximum absolute atomic E-state index is 15.8. The molecule has 0 aliphatic carbocycles.